The summed E-state index contributed by atoms with van der Waals surface area (Å²) in [6.07, 6.45) is 2.65. The summed E-state index contributed by atoms with van der Waals surface area (Å²) in [7, 11) is 0. The van der Waals surface area contributed by atoms with E-state index in [4.69, 9.17) is 16.3 Å². The molecule has 6 rings (SSSR count). The van der Waals surface area contributed by atoms with Crippen LogP contribution in [-0.4, -0.2) is 68.6 Å². The highest BCUT2D eigenvalue weighted by atomic mass is 35.5. The van der Waals surface area contributed by atoms with Crippen molar-refractivity contribution in [3.63, 3.8) is 0 Å². The fraction of sp³-hybridized carbons (Fsp3) is 0.179. The van der Waals surface area contributed by atoms with Gasteiger partial charge in [0, 0.05) is 31.3 Å². The number of hydrogen-bond donors (Lipinski definition) is 1. The molecule has 8 nitrogen and oxygen atoms in total. The second-order valence-electron chi connectivity index (χ2n) is 9.29. The number of piperazine rings is 1. The molecule has 1 fully saturated rings. The number of phenolic OH excluding ortho intramolecular Hbond substituents is 1. The number of carbonyl (C=O) groups excluding carboxylic acids is 2. The van der Waals surface area contributed by atoms with Crippen LogP contribution in [0.1, 0.15) is 10.4 Å². The maximum absolute atomic E-state index is 15.0. The van der Waals surface area contributed by atoms with E-state index in [2.05, 4.69) is 11.6 Å². The van der Waals surface area contributed by atoms with Crippen molar-refractivity contribution >= 4 is 34.4 Å². The van der Waals surface area contributed by atoms with Crippen LogP contribution in [-0.2, 0) is 4.79 Å². The van der Waals surface area contributed by atoms with Gasteiger partial charge in [0.2, 0.25) is 5.91 Å². The van der Waals surface area contributed by atoms with E-state index in [1.54, 1.807) is 14.4 Å². The second-order valence-corrected chi connectivity index (χ2v) is 9.67. The first-order valence-electron chi connectivity index (χ1n) is 12.1. The Balaban J connectivity index is 1.59. The number of nitrogens with zero attached hydrogens (tertiary/aromatic N) is 4. The van der Waals surface area contributed by atoms with Crippen molar-refractivity contribution < 1.29 is 28.2 Å². The molecular weight excluding hydrogens is 530 g/mol. The average Bonchev–Trinajstić information content (AvgIpc) is 3.27. The smallest absolute Gasteiger partial charge is 0.260 e. The minimum Gasteiger partial charge on any atom is -0.507 e. The number of carbonyl (C=O) groups is 2. The Morgan fingerprint density at radius 2 is 2.00 bits per heavy atom. The molecule has 11 heteroatoms. The number of benzene rings is 3. The van der Waals surface area contributed by atoms with Crippen LogP contribution in [0.3, 0.4) is 0 Å². The quantitative estimate of drug-likeness (QED) is 0.378. The highest BCUT2D eigenvalue weighted by molar-refractivity contribution is 6.36. The Hall–Kier alpha value is -4.44. The van der Waals surface area contributed by atoms with Gasteiger partial charge in [0.05, 0.1) is 33.3 Å². The number of aromatic nitrogens is 2. The van der Waals surface area contributed by atoms with Crippen molar-refractivity contribution in [1.29, 1.82) is 0 Å². The predicted molar refractivity (Wildman–Crippen MR) is 140 cm³/mol. The van der Waals surface area contributed by atoms with Gasteiger partial charge in [0.1, 0.15) is 35.9 Å². The average molecular weight is 551 g/mol. The van der Waals surface area contributed by atoms with Crippen molar-refractivity contribution in [3.05, 3.63) is 83.7 Å². The number of phenols is 1. The number of hydrogen-bond acceptors (Lipinski definition) is 5. The van der Waals surface area contributed by atoms with Crippen molar-refractivity contribution in [2.24, 2.45) is 0 Å². The lowest BCUT2D eigenvalue weighted by Crippen LogP contribution is -2.57. The molecule has 0 unspecified atom stereocenters. The summed E-state index contributed by atoms with van der Waals surface area (Å²) in [5.74, 6) is -2.20. The number of aromatic hydroxyl groups is 1. The zero-order valence-electron chi connectivity index (χ0n) is 20.4. The highest BCUT2D eigenvalue weighted by Gasteiger charge is 2.39. The van der Waals surface area contributed by atoms with E-state index in [0.29, 0.717) is 17.6 Å². The number of amides is 2. The standard InChI is InChI=1S/C28H21ClF2N4O4/c1-2-23(37)33-8-9-34-16(12-33)13-39-27-25(28(34)38)21(35-14-32-19-10-15(30)6-7-20(19)35)11-17(26(27)29)24-18(31)4-3-5-22(24)36/h2-7,10-11,14,16,36H,1,8-9,12-13H2/t16-/m1/s1. The van der Waals surface area contributed by atoms with Crippen molar-refractivity contribution in [2.45, 2.75) is 6.04 Å². The first-order chi connectivity index (χ1) is 18.8. The number of rotatable bonds is 3. The topological polar surface area (TPSA) is 87.9 Å². The normalized spacial score (nSPS) is 16.9. The van der Waals surface area contributed by atoms with Gasteiger partial charge >= 0.3 is 0 Å². The van der Waals surface area contributed by atoms with Crippen LogP contribution in [0.4, 0.5) is 8.78 Å². The molecule has 198 valence electrons. The van der Waals surface area contributed by atoms with Gasteiger partial charge < -0.3 is 19.6 Å². The molecule has 0 radical (unpaired) electrons. The van der Waals surface area contributed by atoms with Crippen LogP contribution in [0.5, 0.6) is 11.5 Å². The lowest BCUT2D eigenvalue weighted by Gasteiger charge is -2.39. The first kappa shape index (κ1) is 24.9. The van der Waals surface area contributed by atoms with Gasteiger partial charge in [-0.3, -0.25) is 14.2 Å². The van der Waals surface area contributed by atoms with E-state index >= 15 is 4.39 Å². The van der Waals surface area contributed by atoms with Crippen LogP contribution >= 0.6 is 11.6 Å². The van der Waals surface area contributed by atoms with Crippen LogP contribution in [0.25, 0.3) is 27.8 Å². The van der Waals surface area contributed by atoms with Crippen molar-refractivity contribution in [1.82, 2.24) is 19.4 Å². The fourth-order valence-electron chi connectivity index (χ4n) is 5.21. The summed E-state index contributed by atoms with van der Waals surface area (Å²) in [6.45, 7) is 4.33. The molecule has 1 N–H and O–H groups in total. The monoisotopic (exact) mass is 550 g/mol. The van der Waals surface area contributed by atoms with Gasteiger partial charge in [-0.05, 0) is 36.4 Å². The molecule has 39 heavy (non-hydrogen) atoms. The van der Waals surface area contributed by atoms with Crippen LogP contribution < -0.4 is 4.74 Å². The summed E-state index contributed by atoms with van der Waals surface area (Å²) in [5.41, 5.74) is 1.12. The number of halogens is 3. The molecule has 0 spiro atoms. The van der Waals surface area contributed by atoms with Crippen LogP contribution in [0.2, 0.25) is 5.02 Å². The largest absolute Gasteiger partial charge is 0.507 e. The van der Waals surface area contributed by atoms with Gasteiger partial charge in [-0.1, -0.05) is 24.2 Å². The Morgan fingerprint density at radius 3 is 2.77 bits per heavy atom. The number of ether oxygens (including phenoxy) is 1. The second kappa shape index (κ2) is 9.39. The Labute approximate surface area is 226 Å². The molecule has 1 saturated heterocycles. The van der Waals surface area contributed by atoms with Crippen LogP contribution in [0.15, 0.2) is 61.4 Å². The predicted octanol–water partition coefficient (Wildman–Crippen LogP) is 4.56. The molecule has 0 saturated carbocycles. The van der Waals surface area contributed by atoms with Gasteiger partial charge in [0.25, 0.3) is 5.91 Å². The summed E-state index contributed by atoms with van der Waals surface area (Å²) in [4.78, 5) is 33.8. The van der Waals surface area contributed by atoms with Crippen LogP contribution in [0, 0.1) is 11.6 Å². The molecule has 3 heterocycles. The molecule has 3 aromatic carbocycles. The summed E-state index contributed by atoms with van der Waals surface area (Å²) in [5, 5.41) is 10.5. The molecule has 2 aliphatic heterocycles. The minimum absolute atomic E-state index is 0.0109. The van der Waals surface area contributed by atoms with E-state index in [1.165, 1.54) is 54.9 Å². The number of fused-ring (bicyclic) bond motifs is 3. The van der Waals surface area contributed by atoms with E-state index in [-0.39, 0.29) is 64.5 Å². The zero-order chi connectivity index (χ0) is 27.4. The first-order valence-corrected chi connectivity index (χ1v) is 12.5. The minimum atomic E-state index is -0.726. The molecule has 0 bridgehead atoms. The Kier molecular flexibility index (Phi) is 5.99. The maximum atomic E-state index is 15.0. The molecule has 4 aromatic rings. The summed E-state index contributed by atoms with van der Waals surface area (Å²) in [6, 6.07) is 8.92. The van der Waals surface area contributed by atoms with Crippen molar-refractivity contribution in [3.8, 4) is 28.3 Å². The Bertz CT molecular complexity index is 1670. The van der Waals surface area contributed by atoms with E-state index < -0.39 is 23.6 Å². The molecule has 2 aliphatic rings. The van der Waals surface area contributed by atoms with E-state index in [9.17, 15) is 19.1 Å². The maximum Gasteiger partial charge on any atom is 0.260 e. The van der Waals surface area contributed by atoms with Gasteiger partial charge in [-0.25, -0.2) is 13.8 Å². The summed E-state index contributed by atoms with van der Waals surface area (Å²) < 4.78 is 36.7. The molecule has 1 aromatic heterocycles. The number of imidazole rings is 1. The van der Waals surface area contributed by atoms with Gasteiger partial charge in [-0.2, -0.15) is 0 Å². The third-order valence-corrected chi connectivity index (χ3v) is 7.47. The Morgan fingerprint density at radius 1 is 1.18 bits per heavy atom. The SMILES string of the molecule is C=CC(=O)N1CCN2C(=O)c3c(-n4cnc5cc(F)ccc54)cc(-c4c(O)cccc4F)c(Cl)c3OC[C@H]2C1. The molecule has 2 amide bonds. The van der Waals surface area contributed by atoms with Gasteiger partial charge in [-0.15, -0.1) is 0 Å². The zero-order valence-corrected chi connectivity index (χ0v) is 21.2. The van der Waals surface area contributed by atoms with Crippen molar-refractivity contribution in [2.75, 3.05) is 26.2 Å². The lowest BCUT2D eigenvalue weighted by molar-refractivity contribution is -0.128. The molecular formula is C28H21ClF2N4O4. The molecule has 1 atom stereocenters. The highest BCUT2D eigenvalue weighted by Crippen LogP contribution is 2.46. The molecule has 0 aliphatic carbocycles. The lowest BCUT2D eigenvalue weighted by atomic mass is 9.98. The van der Waals surface area contributed by atoms with E-state index in [1.807, 2.05) is 0 Å². The summed E-state index contributed by atoms with van der Waals surface area (Å²) >= 11 is 6.79. The fourth-order valence-corrected chi connectivity index (χ4v) is 5.51. The van der Waals surface area contributed by atoms with E-state index in [0.717, 1.165) is 0 Å². The third-order valence-electron chi connectivity index (χ3n) is 7.09. The third kappa shape index (κ3) is 3.99. The van der Waals surface area contributed by atoms with Gasteiger partial charge in [0.15, 0.2) is 5.75 Å².